The first-order valence-electron chi connectivity index (χ1n) is 8.18. The molecule has 3 aromatic rings. The minimum absolute atomic E-state index is 0.175. The number of amides is 1. The van der Waals surface area contributed by atoms with Crippen LogP contribution < -0.4 is 5.32 Å². The van der Waals surface area contributed by atoms with Crippen molar-refractivity contribution in [3.05, 3.63) is 65.8 Å². The van der Waals surface area contributed by atoms with E-state index in [1.807, 2.05) is 6.07 Å². The molecule has 0 saturated heterocycles. The summed E-state index contributed by atoms with van der Waals surface area (Å²) in [5.41, 5.74) is 1.34. The number of carbonyl (C=O) groups excluding carboxylic acids is 1. The second-order valence-corrected chi connectivity index (χ2v) is 5.88. The summed E-state index contributed by atoms with van der Waals surface area (Å²) in [5.74, 6) is 0.231. The van der Waals surface area contributed by atoms with Crippen molar-refractivity contribution in [3.63, 3.8) is 0 Å². The van der Waals surface area contributed by atoms with Crippen LogP contribution in [0.2, 0.25) is 0 Å². The number of nitrogens with zero attached hydrogens (tertiary/aromatic N) is 2. The molecule has 6 nitrogen and oxygen atoms in total. The molecule has 2 aromatic carbocycles. The fourth-order valence-corrected chi connectivity index (χ4v) is 2.47. The zero-order valence-electron chi connectivity index (χ0n) is 14.1. The molecule has 134 valence electrons. The molecule has 0 saturated carbocycles. The number of nitrogens with one attached hydrogen (secondary N) is 1. The maximum absolute atomic E-state index is 13.0. The number of carbonyl (C=O) groups is 1. The molecule has 0 unspecified atom stereocenters. The van der Waals surface area contributed by atoms with E-state index < -0.39 is 6.04 Å². The topological polar surface area (TPSA) is 88.2 Å². The third-order valence-electron chi connectivity index (χ3n) is 3.91. The van der Waals surface area contributed by atoms with Crippen molar-refractivity contribution in [2.75, 3.05) is 0 Å². The molecule has 1 aromatic heterocycles. The number of hydrogen-bond acceptors (Lipinski definition) is 5. The van der Waals surface area contributed by atoms with Crippen LogP contribution in [0.3, 0.4) is 0 Å². The standard InChI is InChI=1S/C19H18FN3O3/c1-12(21-17(25)11-8-13-4-2-3-5-16(13)24)19-22-18(23-26-19)14-6-9-15(20)10-7-14/h2-7,9-10,12,24H,8,11H2,1H3,(H,21,25)/t12-/m1/s1. The summed E-state index contributed by atoms with van der Waals surface area (Å²) in [5, 5.41) is 16.4. The van der Waals surface area contributed by atoms with Crippen LogP contribution in [0.15, 0.2) is 53.1 Å². The second-order valence-electron chi connectivity index (χ2n) is 5.88. The third kappa shape index (κ3) is 4.24. The van der Waals surface area contributed by atoms with Crippen molar-refractivity contribution in [3.8, 4) is 17.1 Å². The first-order valence-corrected chi connectivity index (χ1v) is 8.18. The van der Waals surface area contributed by atoms with E-state index in [9.17, 15) is 14.3 Å². The Hall–Kier alpha value is -3.22. The lowest BCUT2D eigenvalue weighted by Gasteiger charge is -2.10. The van der Waals surface area contributed by atoms with E-state index in [0.29, 0.717) is 23.4 Å². The SMILES string of the molecule is C[C@@H](NC(=O)CCc1ccccc1O)c1nc(-c2ccc(F)cc2)no1. The van der Waals surface area contributed by atoms with Crippen molar-refractivity contribution in [1.82, 2.24) is 15.5 Å². The summed E-state index contributed by atoms with van der Waals surface area (Å²) >= 11 is 0. The van der Waals surface area contributed by atoms with Crippen LogP contribution >= 0.6 is 0 Å². The van der Waals surface area contributed by atoms with Gasteiger partial charge in [0, 0.05) is 12.0 Å². The Labute approximate surface area is 149 Å². The molecule has 1 atom stereocenters. The van der Waals surface area contributed by atoms with E-state index >= 15 is 0 Å². The number of rotatable bonds is 6. The molecule has 0 aliphatic rings. The first kappa shape index (κ1) is 17.6. The van der Waals surface area contributed by atoms with Crippen LogP contribution in [0.1, 0.15) is 30.8 Å². The molecule has 1 amide bonds. The third-order valence-corrected chi connectivity index (χ3v) is 3.91. The highest BCUT2D eigenvalue weighted by Gasteiger charge is 2.17. The normalized spacial score (nSPS) is 11.9. The summed E-state index contributed by atoms with van der Waals surface area (Å²) in [7, 11) is 0. The van der Waals surface area contributed by atoms with Crippen LogP contribution in [0, 0.1) is 5.82 Å². The molecular formula is C19H18FN3O3. The van der Waals surface area contributed by atoms with Gasteiger partial charge in [0.15, 0.2) is 0 Å². The maximum atomic E-state index is 13.0. The fourth-order valence-electron chi connectivity index (χ4n) is 2.47. The van der Waals surface area contributed by atoms with Crippen molar-refractivity contribution < 1.29 is 18.8 Å². The number of hydrogen-bond donors (Lipinski definition) is 2. The van der Waals surface area contributed by atoms with Gasteiger partial charge in [0.1, 0.15) is 17.6 Å². The molecule has 1 heterocycles. The summed E-state index contributed by atoms with van der Waals surface area (Å²) in [6.07, 6.45) is 0.650. The van der Waals surface area contributed by atoms with Crippen molar-refractivity contribution in [2.45, 2.75) is 25.8 Å². The van der Waals surface area contributed by atoms with Crippen LogP contribution in [0.25, 0.3) is 11.4 Å². The van der Waals surface area contributed by atoms with Gasteiger partial charge in [-0.15, -0.1) is 0 Å². The molecule has 0 bridgehead atoms. The average molecular weight is 355 g/mol. The Bertz CT molecular complexity index is 893. The number of aromatic hydroxyl groups is 1. The van der Waals surface area contributed by atoms with Crippen molar-refractivity contribution >= 4 is 5.91 Å². The summed E-state index contributed by atoms with van der Waals surface area (Å²) in [4.78, 5) is 16.3. The van der Waals surface area contributed by atoms with Gasteiger partial charge in [-0.25, -0.2) is 4.39 Å². The number of phenols is 1. The minimum Gasteiger partial charge on any atom is -0.508 e. The number of benzene rings is 2. The van der Waals surface area contributed by atoms with E-state index in [1.54, 1.807) is 37.3 Å². The van der Waals surface area contributed by atoms with Crippen LogP contribution in [-0.4, -0.2) is 21.2 Å². The average Bonchev–Trinajstić information content (AvgIpc) is 3.12. The van der Waals surface area contributed by atoms with Gasteiger partial charge >= 0.3 is 0 Å². The Morgan fingerprint density at radius 2 is 1.96 bits per heavy atom. The number of para-hydroxylation sites is 1. The van der Waals surface area contributed by atoms with Gasteiger partial charge in [-0.2, -0.15) is 4.98 Å². The van der Waals surface area contributed by atoms with Crippen LogP contribution in [-0.2, 0) is 11.2 Å². The van der Waals surface area contributed by atoms with Crippen molar-refractivity contribution in [1.29, 1.82) is 0 Å². The van der Waals surface area contributed by atoms with Gasteiger partial charge < -0.3 is 14.9 Å². The smallest absolute Gasteiger partial charge is 0.249 e. The highest BCUT2D eigenvalue weighted by molar-refractivity contribution is 5.76. The second kappa shape index (κ2) is 7.77. The number of phenolic OH excluding ortho intramolecular Hbond substituents is 1. The molecular weight excluding hydrogens is 337 g/mol. The summed E-state index contributed by atoms with van der Waals surface area (Å²) in [6, 6.07) is 12.2. The Balaban J connectivity index is 1.58. The Morgan fingerprint density at radius 1 is 1.23 bits per heavy atom. The number of halogens is 1. The molecule has 0 aliphatic carbocycles. The van der Waals surface area contributed by atoms with Crippen molar-refractivity contribution in [2.24, 2.45) is 0 Å². The molecule has 0 spiro atoms. The summed E-state index contributed by atoms with van der Waals surface area (Å²) in [6.45, 7) is 1.74. The van der Waals surface area contributed by atoms with E-state index in [1.165, 1.54) is 12.1 Å². The monoisotopic (exact) mass is 355 g/mol. The molecule has 0 aliphatic heterocycles. The lowest BCUT2D eigenvalue weighted by atomic mass is 10.1. The molecule has 2 N–H and O–H groups in total. The Morgan fingerprint density at radius 3 is 2.69 bits per heavy atom. The molecule has 0 radical (unpaired) electrons. The fraction of sp³-hybridized carbons (Fsp3) is 0.211. The Kier molecular flexibility index (Phi) is 5.26. The van der Waals surface area contributed by atoms with E-state index in [-0.39, 0.29) is 29.8 Å². The van der Waals surface area contributed by atoms with Gasteiger partial charge in [-0.05, 0) is 49.2 Å². The van der Waals surface area contributed by atoms with Gasteiger partial charge in [0.2, 0.25) is 17.6 Å². The van der Waals surface area contributed by atoms with Gasteiger partial charge in [0.25, 0.3) is 0 Å². The predicted molar refractivity (Wildman–Crippen MR) is 92.7 cm³/mol. The lowest BCUT2D eigenvalue weighted by molar-refractivity contribution is -0.121. The van der Waals surface area contributed by atoms with Crippen LogP contribution in [0.5, 0.6) is 5.75 Å². The van der Waals surface area contributed by atoms with E-state index in [2.05, 4.69) is 15.5 Å². The highest BCUT2D eigenvalue weighted by atomic mass is 19.1. The predicted octanol–water partition coefficient (Wildman–Crippen LogP) is 3.39. The number of aryl methyl sites for hydroxylation is 1. The lowest BCUT2D eigenvalue weighted by Crippen LogP contribution is -2.27. The molecule has 3 rings (SSSR count). The molecule has 7 heteroatoms. The quantitative estimate of drug-likeness (QED) is 0.708. The largest absolute Gasteiger partial charge is 0.508 e. The van der Waals surface area contributed by atoms with Gasteiger partial charge in [-0.3, -0.25) is 4.79 Å². The zero-order chi connectivity index (χ0) is 18.5. The van der Waals surface area contributed by atoms with Gasteiger partial charge in [0.05, 0.1) is 0 Å². The highest BCUT2D eigenvalue weighted by Crippen LogP contribution is 2.20. The van der Waals surface area contributed by atoms with E-state index in [4.69, 9.17) is 4.52 Å². The van der Waals surface area contributed by atoms with Gasteiger partial charge in [-0.1, -0.05) is 23.4 Å². The zero-order valence-corrected chi connectivity index (χ0v) is 14.1. The molecule has 0 fully saturated rings. The molecule has 26 heavy (non-hydrogen) atoms. The summed E-state index contributed by atoms with van der Waals surface area (Å²) < 4.78 is 18.2. The van der Waals surface area contributed by atoms with Crippen LogP contribution in [0.4, 0.5) is 4.39 Å². The maximum Gasteiger partial charge on any atom is 0.249 e. The van der Waals surface area contributed by atoms with E-state index in [0.717, 1.165) is 0 Å². The minimum atomic E-state index is -0.464. The number of aromatic nitrogens is 2. The first-order chi connectivity index (χ1) is 12.5.